The second kappa shape index (κ2) is 8.15. The van der Waals surface area contributed by atoms with Crippen molar-refractivity contribution in [2.75, 3.05) is 7.11 Å². The number of esters is 1. The fourth-order valence-electron chi connectivity index (χ4n) is 4.17. The number of benzene rings is 1. The number of hydrogen-bond acceptors (Lipinski definition) is 5. The minimum absolute atomic E-state index is 0.00938. The summed E-state index contributed by atoms with van der Waals surface area (Å²) in [5.41, 5.74) is 2.95. The highest BCUT2D eigenvalue weighted by Gasteiger charge is 2.30. The lowest BCUT2D eigenvalue weighted by Gasteiger charge is -2.25. The molecule has 3 aromatic rings. The second-order valence-electron chi connectivity index (χ2n) is 7.86. The Labute approximate surface area is 169 Å². The number of ether oxygens (including phenoxy) is 1. The minimum Gasteiger partial charge on any atom is -0.469 e. The van der Waals surface area contributed by atoms with Crippen LogP contribution in [0.2, 0.25) is 0 Å². The van der Waals surface area contributed by atoms with Crippen LogP contribution >= 0.6 is 0 Å². The van der Waals surface area contributed by atoms with Gasteiger partial charge in [0.1, 0.15) is 5.78 Å². The molecule has 0 bridgehead atoms. The molecule has 29 heavy (non-hydrogen) atoms. The molecule has 0 saturated heterocycles. The summed E-state index contributed by atoms with van der Waals surface area (Å²) in [6.45, 7) is 0. The van der Waals surface area contributed by atoms with Crippen molar-refractivity contribution in [2.24, 2.45) is 18.9 Å². The van der Waals surface area contributed by atoms with Crippen LogP contribution in [-0.2, 0) is 27.8 Å². The number of carbonyl (C=O) groups is 2. The van der Waals surface area contributed by atoms with Crippen LogP contribution in [0, 0.1) is 11.8 Å². The molecule has 0 spiro atoms. The van der Waals surface area contributed by atoms with E-state index >= 15 is 0 Å². The Morgan fingerprint density at radius 2 is 1.79 bits per heavy atom. The van der Waals surface area contributed by atoms with E-state index in [4.69, 9.17) is 4.74 Å². The third-order valence-electron chi connectivity index (χ3n) is 5.89. The predicted octanol–water partition coefficient (Wildman–Crippen LogP) is 3.73. The van der Waals surface area contributed by atoms with Gasteiger partial charge in [-0.3, -0.25) is 19.3 Å². The van der Waals surface area contributed by atoms with Crippen LogP contribution < -0.4 is 0 Å². The number of ketones is 1. The molecule has 0 aliphatic heterocycles. The van der Waals surface area contributed by atoms with E-state index in [9.17, 15) is 9.59 Å². The zero-order valence-corrected chi connectivity index (χ0v) is 16.8. The number of carbonyl (C=O) groups excluding carboxylic acids is 2. The fraction of sp³-hybridized carbons (Fsp3) is 0.391. The molecule has 6 nitrogen and oxygen atoms in total. The number of aryl methyl sites for hydroxylation is 1. The van der Waals surface area contributed by atoms with Crippen LogP contribution in [0.15, 0.2) is 42.9 Å². The number of nitrogens with zero attached hydrogens (tertiary/aromatic N) is 3. The van der Waals surface area contributed by atoms with E-state index in [2.05, 4.69) is 22.2 Å². The SMILES string of the molecule is COC(=O)C1CCC(C(=O)Cc2cc3cc(-c4cnn(C)c4)ccc3cn2)CC1. The maximum atomic E-state index is 12.8. The third kappa shape index (κ3) is 4.21. The van der Waals surface area contributed by atoms with Gasteiger partial charge in [-0.25, -0.2) is 0 Å². The molecule has 6 heteroatoms. The number of aromatic nitrogens is 3. The Morgan fingerprint density at radius 3 is 2.48 bits per heavy atom. The molecular weight excluding hydrogens is 366 g/mol. The summed E-state index contributed by atoms with van der Waals surface area (Å²) >= 11 is 0. The number of pyridine rings is 1. The van der Waals surface area contributed by atoms with E-state index in [1.165, 1.54) is 7.11 Å². The first kappa shape index (κ1) is 19.3. The monoisotopic (exact) mass is 391 g/mol. The zero-order valence-electron chi connectivity index (χ0n) is 16.8. The molecule has 4 rings (SSSR count). The first-order chi connectivity index (χ1) is 14.0. The van der Waals surface area contributed by atoms with Crippen LogP contribution in [-0.4, -0.2) is 33.6 Å². The lowest BCUT2D eigenvalue weighted by molar-refractivity contribution is -0.147. The maximum absolute atomic E-state index is 12.8. The molecule has 1 fully saturated rings. The summed E-state index contributed by atoms with van der Waals surface area (Å²) in [5, 5.41) is 6.35. The van der Waals surface area contributed by atoms with Crippen molar-refractivity contribution in [1.82, 2.24) is 14.8 Å². The molecule has 1 aliphatic rings. The van der Waals surface area contributed by atoms with Crippen molar-refractivity contribution in [2.45, 2.75) is 32.1 Å². The number of fused-ring (bicyclic) bond motifs is 1. The first-order valence-corrected chi connectivity index (χ1v) is 10.0. The molecule has 0 atom stereocenters. The van der Waals surface area contributed by atoms with Crippen LogP contribution in [0.1, 0.15) is 31.4 Å². The summed E-state index contributed by atoms with van der Waals surface area (Å²) in [5.74, 6) is 0.00367. The molecule has 0 radical (unpaired) electrons. The van der Waals surface area contributed by atoms with Gasteiger partial charge in [-0.15, -0.1) is 0 Å². The Kier molecular flexibility index (Phi) is 5.43. The van der Waals surface area contributed by atoms with E-state index in [1.807, 2.05) is 37.8 Å². The Hall–Kier alpha value is -3.02. The van der Waals surface area contributed by atoms with E-state index in [1.54, 1.807) is 4.68 Å². The van der Waals surface area contributed by atoms with Gasteiger partial charge in [0.25, 0.3) is 0 Å². The van der Waals surface area contributed by atoms with Crippen molar-refractivity contribution >= 4 is 22.5 Å². The second-order valence-corrected chi connectivity index (χ2v) is 7.86. The van der Waals surface area contributed by atoms with Crippen molar-refractivity contribution in [3.63, 3.8) is 0 Å². The topological polar surface area (TPSA) is 74.1 Å². The standard InChI is InChI=1S/C23H25N3O3/c1-26-14-20(13-25-26)17-7-8-18-12-24-21(10-19(18)9-17)11-22(27)15-3-5-16(6-4-15)23(28)29-2/h7-10,12-16H,3-6,11H2,1-2H3. The molecule has 2 heterocycles. The predicted molar refractivity (Wildman–Crippen MR) is 110 cm³/mol. The molecule has 0 amide bonds. The lowest BCUT2D eigenvalue weighted by Crippen LogP contribution is -2.27. The first-order valence-electron chi connectivity index (χ1n) is 10.0. The smallest absolute Gasteiger partial charge is 0.308 e. The van der Waals surface area contributed by atoms with Gasteiger partial charge in [0.15, 0.2) is 0 Å². The Bertz CT molecular complexity index is 1050. The molecule has 150 valence electrons. The van der Waals surface area contributed by atoms with Crippen molar-refractivity contribution < 1.29 is 14.3 Å². The van der Waals surface area contributed by atoms with Gasteiger partial charge in [0.05, 0.1) is 19.2 Å². The summed E-state index contributed by atoms with van der Waals surface area (Å²) < 4.78 is 6.61. The highest BCUT2D eigenvalue weighted by molar-refractivity contribution is 5.88. The Morgan fingerprint density at radius 1 is 1.03 bits per heavy atom. The van der Waals surface area contributed by atoms with E-state index < -0.39 is 0 Å². The number of hydrogen-bond donors (Lipinski definition) is 0. The maximum Gasteiger partial charge on any atom is 0.308 e. The van der Waals surface area contributed by atoms with Crippen molar-refractivity contribution in [3.05, 3.63) is 48.5 Å². The number of Topliss-reactive ketones (excluding diaryl/α,β-unsaturated/α-hetero) is 1. The fourth-order valence-corrected chi connectivity index (χ4v) is 4.17. The average molecular weight is 391 g/mol. The highest BCUT2D eigenvalue weighted by atomic mass is 16.5. The summed E-state index contributed by atoms with van der Waals surface area (Å²) in [7, 11) is 3.32. The van der Waals surface area contributed by atoms with Crippen molar-refractivity contribution in [1.29, 1.82) is 0 Å². The molecular formula is C23H25N3O3. The molecule has 0 unspecified atom stereocenters. The van der Waals surface area contributed by atoms with Crippen molar-refractivity contribution in [3.8, 4) is 11.1 Å². The van der Waals surface area contributed by atoms with Crippen LogP contribution in [0.4, 0.5) is 0 Å². The average Bonchev–Trinajstić information content (AvgIpc) is 3.19. The molecule has 1 aromatic carbocycles. The molecule has 2 aromatic heterocycles. The van der Waals surface area contributed by atoms with Crippen LogP contribution in [0.3, 0.4) is 0 Å². The minimum atomic E-state index is -0.156. The quantitative estimate of drug-likeness (QED) is 0.620. The van der Waals surface area contributed by atoms with E-state index in [0.29, 0.717) is 6.42 Å². The lowest BCUT2D eigenvalue weighted by atomic mass is 9.79. The molecule has 1 aliphatic carbocycles. The normalized spacial score (nSPS) is 19.2. The third-order valence-corrected chi connectivity index (χ3v) is 5.89. The summed E-state index contributed by atoms with van der Waals surface area (Å²) in [6, 6.07) is 8.23. The molecule has 0 N–H and O–H groups in total. The van der Waals surface area contributed by atoms with Gasteiger partial charge in [0.2, 0.25) is 0 Å². The Balaban J connectivity index is 1.46. The van der Waals surface area contributed by atoms with Gasteiger partial charge in [-0.2, -0.15) is 5.10 Å². The van der Waals surface area contributed by atoms with Gasteiger partial charge in [0, 0.05) is 48.4 Å². The van der Waals surface area contributed by atoms with Crippen LogP contribution in [0.5, 0.6) is 0 Å². The summed E-state index contributed by atoms with van der Waals surface area (Å²) in [6.07, 6.45) is 8.94. The van der Waals surface area contributed by atoms with Gasteiger partial charge < -0.3 is 4.74 Å². The van der Waals surface area contributed by atoms with Gasteiger partial charge in [-0.1, -0.05) is 12.1 Å². The number of methoxy groups -OCH3 is 1. The van der Waals surface area contributed by atoms with Gasteiger partial charge in [-0.05, 0) is 48.8 Å². The highest BCUT2D eigenvalue weighted by Crippen LogP contribution is 2.31. The zero-order chi connectivity index (χ0) is 20.4. The largest absolute Gasteiger partial charge is 0.469 e. The van der Waals surface area contributed by atoms with Gasteiger partial charge >= 0.3 is 5.97 Å². The van der Waals surface area contributed by atoms with Crippen LogP contribution in [0.25, 0.3) is 21.9 Å². The summed E-state index contributed by atoms with van der Waals surface area (Å²) in [4.78, 5) is 28.9. The van der Waals surface area contributed by atoms with E-state index in [0.717, 1.165) is 53.3 Å². The number of rotatable bonds is 5. The van der Waals surface area contributed by atoms with E-state index in [-0.39, 0.29) is 23.6 Å². The molecule has 1 saturated carbocycles.